The van der Waals surface area contributed by atoms with E-state index in [0.29, 0.717) is 6.42 Å². The third-order valence-corrected chi connectivity index (χ3v) is 3.68. The van der Waals surface area contributed by atoms with Crippen LogP contribution in [0.3, 0.4) is 0 Å². The van der Waals surface area contributed by atoms with Crippen molar-refractivity contribution in [1.82, 2.24) is 5.32 Å². The smallest absolute Gasteiger partial charge is 0.257 e. The predicted molar refractivity (Wildman–Crippen MR) is 72.7 cm³/mol. The number of aliphatic hydroxyl groups is 1. The first-order chi connectivity index (χ1) is 10.1. The van der Waals surface area contributed by atoms with E-state index in [1.165, 1.54) is 6.07 Å². The SMILES string of the molecule is O=C(N[C@H]1c2ccccc2C[C@H]1O)c1c(F)cccc1F. The molecule has 0 spiro atoms. The molecular formula is C16H13F2NO2. The summed E-state index contributed by atoms with van der Waals surface area (Å²) in [4.78, 5) is 12.1. The lowest BCUT2D eigenvalue weighted by Gasteiger charge is -2.18. The molecule has 2 aromatic rings. The monoisotopic (exact) mass is 289 g/mol. The fraction of sp³-hybridized carbons (Fsp3) is 0.188. The number of nitrogens with one attached hydrogen (secondary N) is 1. The highest BCUT2D eigenvalue weighted by atomic mass is 19.1. The highest BCUT2D eigenvalue weighted by Crippen LogP contribution is 2.31. The number of carbonyl (C=O) groups is 1. The summed E-state index contributed by atoms with van der Waals surface area (Å²) in [6, 6.07) is 9.86. The fourth-order valence-corrected chi connectivity index (χ4v) is 2.68. The Kier molecular flexibility index (Phi) is 3.43. The molecule has 0 radical (unpaired) electrons. The molecule has 2 aromatic carbocycles. The Balaban J connectivity index is 1.89. The summed E-state index contributed by atoms with van der Waals surface area (Å²) < 4.78 is 27.2. The summed E-state index contributed by atoms with van der Waals surface area (Å²) >= 11 is 0. The van der Waals surface area contributed by atoms with Gasteiger partial charge >= 0.3 is 0 Å². The largest absolute Gasteiger partial charge is 0.390 e. The van der Waals surface area contributed by atoms with Gasteiger partial charge in [0.1, 0.15) is 17.2 Å². The molecule has 3 rings (SSSR count). The van der Waals surface area contributed by atoms with Crippen LogP contribution in [0.5, 0.6) is 0 Å². The lowest BCUT2D eigenvalue weighted by Crippen LogP contribution is -2.34. The quantitative estimate of drug-likeness (QED) is 0.891. The van der Waals surface area contributed by atoms with Crippen molar-refractivity contribution in [3.63, 3.8) is 0 Å². The molecule has 0 aromatic heterocycles. The van der Waals surface area contributed by atoms with Crippen LogP contribution in [0.1, 0.15) is 27.5 Å². The minimum atomic E-state index is -0.923. The second-order valence-corrected chi connectivity index (χ2v) is 5.02. The number of aliphatic hydroxyl groups excluding tert-OH is 1. The first kappa shape index (κ1) is 13.7. The fourth-order valence-electron chi connectivity index (χ4n) is 2.68. The van der Waals surface area contributed by atoms with Gasteiger partial charge in [0.2, 0.25) is 0 Å². The number of benzene rings is 2. The number of hydrogen-bond donors (Lipinski definition) is 2. The number of rotatable bonds is 2. The molecule has 21 heavy (non-hydrogen) atoms. The van der Waals surface area contributed by atoms with Crippen LogP contribution in [0, 0.1) is 11.6 Å². The zero-order valence-electron chi connectivity index (χ0n) is 11.0. The molecule has 0 bridgehead atoms. The predicted octanol–water partition coefficient (Wildman–Crippen LogP) is 2.35. The number of halogens is 2. The normalized spacial score (nSPS) is 20.1. The van der Waals surface area contributed by atoms with Gasteiger partial charge in [-0.1, -0.05) is 30.3 Å². The summed E-state index contributed by atoms with van der Waals surface area (Å²) in [5.41, 5.74) is 1.06. The van der Waals surface area contributed by atoms with E-state index in [1.807, 2.05) is 12.1 Å². The van der Waals surface area contributed by atoms with E-state index in [0.717, 1.165) is 23.3 Å². The second kappa shape index (κ2) is 5.26. The van der Waals surface area contributed by atoms with Crippen LogP contribution < -0.4 is 5.32 Å². The molecule has 1 amide bonds. The zero-order chi connectivity index (χ0) is 15.0. The molecule has 1 aliphatic rings. The lowest BCUT2D eigenvalue weighted by atomic mass is 10.1. The molecule has 2 atom stereocenters. The average molecular weight is 289 g/mol. The molecule has 0 saturated heterocycles. The van der Waals surface area contributed by atoms with E-state index in [2.05, 4.69) is 5.32 Å². The third-order valence-electron chi connectivity index (χ3n) is 3.68. The lowest BCUT2D eigenvalue weighted by molar-refractivity contribution is 0.0850. The van der Waals surface area contributed by atoms with Crippen molar-refractivity contribution in [2.75, 3.05) is 0 Å². The van der Waals surface area contributed by atoms with Crippen LogP contribution >= 0.6 is 0 Å². The standard InChI is InChI=1S/C16H13F2NO2/c17-11-6-3-7-12(18)14(11)16(21)19-15-10-5-2-1-4-9(10)8-13(15)20/h1-7,13,15,20H,8H2,(H,19,21)/t13-,15+/m1/s1. The van der Waals surface area contributed by atoms with Crippen LogP contribution in [0.25, 0.3) is 0 Å². The molecule has 1 aliphatic carbocycles. The highest BCUT2D eigenvalue weighted by molar-refractivity contribution is 5.95. The van der Waals surface area contributed by atoms with E-state index in [1.54, 1.807) is 12.1 Å². The molecule has 0 heterocycles. The van der Waals surface area contributed by atoms with E-state index in [9.17, 15) is 18.7 Å². The van der Waals surface area contributed by atoms with E-state index in [4.69, 9.17) is 0 Å². The summed E-state index contributed by atoms with van der Waals surface area (Å²) in [6.45, 7) is 0. The average Bonchev–Trinajstić information content (AvgIpc) is 2.75. The van der Waals surface area contributed by atoms with Gasteiger partial charge in [-0.05, 0) is 23.3 Å². The number of carbonyl (C=O) groups excluding carboxylic acids is 1. The minimum absolute atomic E-state index is 0.404. The summed E-state index contributed by atoms with van der Waals surface area (Å²) in [5.74, 6) is -2.71. The van der Waals surface area contributed by atoms with Gasteiger partial charge in [0.15, 0.2) is 0 Å². The Morgan fingerprint density at radius 3 is 2.48 bits per heavy atom. The van der Waals surface area contributed by atoms with Crippen molar-refractivity contribution in [3.05, 3.63) is 70.8 Å². The van der Waals surface area contributed by atoms with Crippen molar-refractivity contribution < 1.29 is 18.7 Å². The van der Waals surface area contributed by atoms with Gasteiger partial charge in [-0.25, -0.2) is 8.78 Å². The van der Waals surface area contributed by atoms with Gasteiger partial charge in [-0.3, -0.25) is 4.79 Å². The number of hydrogen-bond acceptors (Lipinski definition) is 2. The maximum atomic E-state index is 13.6. The molecule has 0 fully saturated rings. The van der Waals surface area contributed by atoms with Crippen LogP contribution in [-0.2, 0) is 6.42 Å². The van der Waals surface area contributed by atoms with Gasteiger partial charge in [0.25, 0.3) is 5.91 Å². The molecule has 5 heteroatoms. The first-order valence-corrected chi connectivity index (χ1v) is 6.58. The maximum absolute atomic E-state index is 13.6. The maximum Gasteiger partial charge on any atom is 0.257 e. The van der Waals surface area contributed by atoms with Gasteiger partial charge in [-0.15, -0.1) is 0 Å². The topological polar surface area (TPSA) is 49.3 Å². The van der Waals surface area contributed by atoms with Gasteiger partial charge in [-0.2, -0.15) is 0 Å². The van der Waals surface area contributed by atoms with Crippen LogP contribution in [0.4, 0.5) is 8.78 Å². The van der Waals surface area contributed by atoms with Crippen molar-refractivity contribution in [2.24, 2.45) is 0 Å². The second-order valence-electron chi connectivity index (χ2n) is 5.02. The van der Waals surface area contributed by atoms with Gasteiger partial charge < -0.3 is 10.4 Å². The Bertz CT molecular complexity index is 682. The molecule has 0 saturated carbocycles. The molecule has 3 nitrogen and oxygen atoms in total. The van der Waals surface area contributed by atoms with Crippen LogP contribution in [-0.4, -0.2) is 17.1 Å². The first-order valence-electron chi connectivity index (χ1n) is 6.58. The minimum Gasteiger partial charge on any atom is -0.390 e. The van der Waals surface area contributed by atoms with Gasteiger partial charge in [0, 0.05) is 6.42 Å². The van der Waals surface area contributed by atoms with Crippen molar-refractivity contribution in [3.8, 4) is 0 Å². The van der Waals surface area contributed by atoms with Crippen molar-refractivity contribution >= 4 is 5.91 Å². The highest BCUT2D eigenvalue weighted by Gasteiger charge is 2.33. The van der Waals surface area contributed by atoms with Crippen LogP contribution in [0.15, 0.2) is 42.5 Å². The Labute approximate surface area is 120 Å². The number of fused-ring (bicyclic) bond motifs is 1. The Morgan fingerprint density at radius 1 is 1.10 bits per heavy atom. The van der Waals surface area contributed by atoms with Crippen LogP contribution in [0.2, 0.25) is 0 Å². The van der Waals surface area contributed by atoms with Gasteiger partial charge in [0.05, 0.1) is 12.1 Å². The molecule has 108 valence electrons. The molecule has 2 N–H and O–H groups in total. The Hall–Kier alpha value is -2.27. The summed E-state index contributed by atoms with van der Waals surface area (Å²) in [5, 5.41) is 12.6. The van der Waals surface area contributed by atoms with E-state index < -0.39 is 35.3 Å². The number of amides is 1. The molecule has 0 aliphatic heterocycles. The van der Waals surface area contributed by atoms with Crippen molar-refractivity contribution in [2.45, 2.75) is 18.6 Å². The molecule has 0 unspecified atom stereocenters. The van der Waals surface area contributed by atoms with E-state index >= 15 is 0 Å². The van der Waals surface area contributed by atoms with Crippen molar-refractivity contribution in [1.29, 1.82) is 0 Å². The Morgan fingerprint density at radius 2 is 1.76 bits per heavy atom. The summed E-state index contributed by atoms with van der Waals surface area (Å²) in [6.07, 6.45) is -0.401. The summed E-state index contributed by atoms with van der Waals surface area (Å²) in [7, 11) is 0. The molecular weight excluding hydrogens is 276 g/mol. The third kappa shape index (κ3) is 2.40. The zero-order valence-corrected chi connectivity index (χ0v) is 11.0. The van der Waals surface area contributed by atoms with E-state index in [-0.39, 0.29) is 0 Å².